The average Bonchev–Trinajstić information content (AvgIpc) is 3.62. The predicted molar refractivity (Wildman–Crippen MR) is 145 cm³/mol. The molecule has 6 rings (SSSR count). The number of aromatic nitrogens is 6. The van der Waals surface area contributed by atoms with Gasteiger partial charge in [-0.05, 0) is 61.2 Å². The molecule has 1 aliphatic rings. The molecule has 2 aromatic carbocycles. The molecular formula is C28H30N8O. The molecule has 0 atom stereocenters. The number of benzene rings is 2. The van der Waals surface area contributed by atoms with Gasteiger partial charge >= 0.3 is 0 Å². The summed E-state index contributed by atoms with van der Waals surface area (Å²) < 4.78 is 4.19. The van der Waals surface area contributed by atoms with Gasteiger partial charge in [0.15, 0.2) is 17.0 Å². The van der Waals surface area contributed by atoms with Gasteiger partial charge < -0.3 is 24.9 Å². The quantitative estimate of drug-likeness (QED) is 0.257. The summed E-state index contributed by atoms with van der Waals surface area (Å²) in [7, 11) is 0. The van der Waals surface area contributed by atoms with Crippen molar-refractivity contribution >= 4 is 28.6 Å². The molecule has 0 unspecified atom stereocenters. The van der Waals surface area contributed by atoms with Crippen molar-refractivity contribution in [3.8, 4) is 11.4 Å². The van der Waals surface area contributed by atoms with Crippen LogP contribution in [0.15, 0.2) is 73.6 Å². The molecule has 0 aliphatic heterocycles. The Morgan fingerprint density at radius 1 is 0.919 bits per heavy atom. The van der Waals surface area contributed by atoms with Gasteiger partial charge in [0.2, 0.25) is 5.95 Å². The summed E-state index contributed by atoms with van der Waals surface area (Å²) in [6, 6.07) is 15.8. The second-order valence-electron chi connectivity index (χ2n) is 9.50. The molecule has 0 amide bonds. The smallest absolute Gasteiger partial charge is 0.231 e. The number of phenolic OH excluding ortho intramolecular Hbond substituents is 1. The van der Waals surface area contributed by atoms with E-state index in [-0.39, 0.29) is 5.75 Å². The van der Waals surface area contributed by atoms with Gasteiger partial charge in [0, 0.05) is 36.4 Å². The number of anilines is 3. The topological polar surface area (TPSA) is 106 Å². The monoisotopic (exact) mass is 494 g/mol. The highest BCUT2D eigenvalue weighted by atomic mass is 16.3. The van der Waals surface area contributed by atoms with Crippen molar-refractivity contribution in [1.82, 2.24) is 29.1 Å². The molecule has 5 aromatic rings. The number of aromatic hydroxyl groups is 1. The van der Waals surface area contributed by atoms with Crippen molar-refractivity contribution in [2.75, 3.05) is 17.2 Å². The van der Waals surface area contributed by atoms with Crippen molar-refractivity contribution in [2.24, 2.45) is 0 Å². The summed E-state index contributed by atoms with van der Waals surface area (Å²) in [5.41, 5.74) is 4.72. The van der Waals surface area contributed by atoms with Gasteiger partial charge in [0.25, 0.3) is 0 Å². The molecule has 0 saturated heterocycles. The Bertz CT molecular complexity index is 1450. The number of nitrogens with zero attached hydrogens (tertiary/aromatic N) is 6. The van der Waals surface area contributed by atoms with Crippen LogP contribution in [0.25, 0.3) is 16.9 Å². The zero-order valence-electron chi connectivity index (χ0n) is 20.6. The van der Waals surface area contributed by atoms with Crippen molar-refractivity contribution in [3.05, 3.63) is 79.1 Å². The normalized spacial score (nSPS) is 14.2. The van der Waals surface area contributed by atoms with E-state index in [4.69, 9.17) is 15.0 Å². The van der Waals surface area contributed by atoms with Crippen LogP contribution in [-0.4, -0.2) is 40.7 Å². The van der Waals surface area contributed by atoms with Gasteiger partial charge in [0.05, 0.1) is 12.7 Å². The van der Waals surface area contributed by atoms with Gasteiger partial charge in [-0.15, -0.1) is 0 Å². The summed E-state index contributed by atoms with van der Waals surface area (Å²) >= 11 is 0. The predicted octanol–water partition coefficient (Wildman–Crippen LogP) is 5.62. The molecule has 188 valence electrons. The second kappa shape index (κ2) is 10.3. The van der Waals surface area contributed by atoms with Crippen LogP contribution >= 0.6 is 0 Å². The summed E-state index contributed by atoms with van der Waals surface area (Å²) in [5, 5.41) is 16.4. The van der Waals surface area contributed by atoms with Crippen molar-refractivity contribution in [2.45, 2.75) is 44.6 Å². The lowest BCUT2D eigenvalue weighted by Gasteiger charge is -2.23. The standard InChI is InChI=1S/C28H30N8O/c37-24-12-6-20(7-13-24)14-15-30-26-25-27(36(19-31-25)23-4-2-1-3-5-23)34-28(33-26)32-21-8-10-22(11-9-21)35-17-16-29-18-35/h6-13,16-19,23,37H,1-5,14-15H2,(H2,30,32,33,34). The number of imidazole rings is 2. The van der Waals surface area contributed by atoms with Crippen LogP contribution < -0.4 is 10.6 Å². The lowest BCUT2D eigenvalue weighted by atomic mass is 9.95. The minimum Gasteiger partial charge on any atom is -0.508 e. The molecule has 3 heterocycles. The van der Waals surface area contributed by atoms with Gasteiger partial charge in [-0.2, -0.15) is 9.97 Å². The summed E-state index contributed by atoms with van der Waals surface area (Å²) in [6.07, 6.45) is 14.3. The van der Waals surface area contributed by atoms with E-state index >= 15 is 0 Å². The SMILES string of the molecule is Oc1ccc(CCNc2nc(Nc3ccc(-n4ccnc4)cc3)nc3c2ncn3C2CCCCC2)cc1. The molecule has 3 N–H and O–H groups in total. The molecule has 9 heteroatoms. The molecule has 3 aromatic heterocycles. The lowest BCUT2D eigenvalue weighted by molar-refractivity contribution is 0.358. The molecule has 9 nitrogen and oxygen atoms in total. The van der Waals surface area contributed by atoms with Gasteiger partial charge in [0.1, 0.15) is 5.75 Å². The van der Waals surface area contributed by atoms with Crippen LogP contribution in [0.2, 0.25) is 0 Å². The van der Waals surface area contributed by atoms with Crippen LogP contribution in [0.1, 0.15) is 43.7 Å². The highest BCUT2D eigenvalue weighted by molar-refractivity contribution is 5.85. The summed E-state index contributed by atoms with van der Waals surface area (Å²) in [5.74, 6) is 1.53. The number of hydrogen-bond acceptors (Lipinski definition) is 7. The van der Waals surface area contributed by atoms with Crippen LogP contribution in [0, 0.1) is 0 Å². The molecule has 0 bridgehead atoms. The maximum absolute atomic E-state index is 9.55. The molecule has 1 aliphatic carbocycles. The number of phenols is 1. The van der Waals surface area contributed by atoms with E-state index in [0.717, 1.165) is 53.2 Å². The first kappa shape index (κ1) is 23.0. The van der Waals surface area contributed by atoms with Crippen molar-refractivity contribution in [3.63, 3.8) is 0 Å². The van der Waals surface area contributed by atoms with E-state index in [1.807, 2.05) is 53.5 Å². The van der Waals surface area contributed by atoms with Gasteiger partial charge in [-0.25, -0.2) is 9.97 Å². The van der Waals surface area contributed by atoms with E-state index in [1.165, 1.54) is 19.3 Å². The zero-order valence-corrected chi connectivity index (χ0v) is 20.6. The van der Waals surface area contributed by atoms with Crippen LogP contribution in [0.3, 0.4) is 0 Å². The van der Waals surface area contributed by atoms with Crippen LogP contribution in [0.4, 0.5) is 17.5 Å². The summed E-state index contributed by atoms with van der Waals surface area (Å²) in [4.78, 5) is 18.6. The number of hydrogen-bond donors (Lipinski definition) is 3. The Labute approximate surface area is 215 Å². The van der Waals surface area contributed by atoms with Gasteiger partial charge in [-0.1, -0.05) is 31.4 Å². The Morgan fingerprint density at radius 3 is 2.49 bits per heavy atom. The minimum atomic E-state index is 0.274. The third-order valence-electron chi connectivity index (χ3n) is 6.96. The highest BCUT2D eigenvalue weighted by Crippen LogP contribution is 2.32. The number of fused-ring (bicyclic) bond motifs is 1. The van der Waals surface area contributed by atoms with Crippen molar-refractivity contribution in [1.29, 1.82) is 0 Å². The molecule has 0 radical (unpaired) electrons. The fourth-order valence-electron chi connectivity index (χ4n) is 4.97. The Balaban J connectivity index is 1.28. The average molecular weight is 495 g/mol. The minimum absolute atomic E-state index is 0.274. The lowest BCUT2D eigenvalue weighted by Crippen LogP contribution is -2.13. The number of nitrogens with one attached hydrogen (secondary N) is 2. The third-order valence-corrected chi connectivity index (χ3v) is 6.96. The maximum Gasteiger partial charge on any atom is 0.231 e. The zero-order chi connectivity index (χ0) is 25.0. The van der Waals surface area contributed by atoms with Crippen LogP contribution in [-0.2, 0) is 6.42 Å². The fraction of sp³-hybridized carbons (Fsp3) is 0.286. The molecule has 0 spiro atoms. The highest BCUT2D eigenvalue weighted by Gasteiger charge is 2.21. The molecule has 1 fully saturated rings. The first-order chi connectivity index (χ1) is 18.2. The van der Waals surface area contributed by atoms with E-state index in [1.54, 1.807) is 24.7 Å². The third kappa shape index (κ3) is 5.11. The Kier molecular flexibility index (Phi) is 6.41. The van der Waals surface area contributed by atoms with E-state index in [9.17, 15) is 5.11 Å². The maximum atomic E-state index is 9.55. The first-order valence-electron chi connectivity index (χ1n) is 12.8. The van der Waals surface area contributed by atoms with E-state index < -0.39 is 0 Å². The fourth-order valence-corrected chi connectivity index (χ4v) is 4.97. The Morgan fingerprint density at radius 2 is 1.73 bits per heavy atom. The first-order valence-corrected chi connectivity index (χ1v) is 12.8. The summed E-state index contributed by atoms with van der Waals surface area (Å²) in [6.45, 7) is 0.687. The van der Waals surface area contributed by atoms with Gasteiger partial charge in [-0.3, -0.25) is 0 Å². The van der Waals surface area contributed by atoms with E-state index in [0.29, 0.717) is 18.5 Å². The molecule has 1 saturated carbocycles. The number of rotatable bonds is 8. The van der Waals surface area contributed by atoms with E-state index in [2.05, 4.69) is 20.2 Å². The van der Waals surface area contributed by atoms with Crippen LogP contribution in [0.5, 0.6) is 5.75 Å². The second-order valence-corrected chi connectivity index (χ2v) is 9.50. The molecule has 37 heavy (non-hydrogen) atoms. The largest absolute Gasteiger partial charge is 0.508 e. The molecular weight excluding hydrogens is 464 g/mol. The van der Waals surface area contributed by atoms with Crippen molar-refractivity contribution < 1.29 is 5.11 Å². The Hall–Kier alpha value is -4.40.